The zero-order valence-electron chi connectivity index (χ0n) is 16.7. The van der Waals surface area contributed by atoms with Crippen LogP contribution in [0, 0.1) is 11.8 Å². The van der Waals surface area contributed by atoms with Gasteiger partial charge in [0.05, 0.1) is 17.3 Å². The fraction of sp³-hybridized carbons (Fsp3) is 0.500. The number of rotatable bonds is 4. The van der Waals surface area contributed by atoms with Crippen molar-refractivity contribution in [3.63, 3.8) is 0 Å². The Labute approximate surface area is 169 Å². The topological polar surface area (TPSA) is 95.0 Å². The molecular formula is C20H26N8O. The largest absolute Gasteiger partial charge is 0.356 e. The zero-order valence-corrected chi connectivity index (χ0v) is 16.7. The molecule has 1 aliphatic heterocycles. The number of H-pyrrole nitrogens is 1. The maximum Gasteiger partial charge on any atom is 0.321 e. The number of hydrogen-bond donors (Lipinski definition) is 2. The molecule has 0 bridgehead atoms. The van der Waals surface area contributed by atoms with Crippen LogP contribution in [0.15, 0.2) is 31.0 Å². The van der Waals surface area contributed by atoms with Crippen LogP contribution >= 0.6 is 0 Å². The van der Waals surface area contributed by atoms with E-state index in [-0.39, 0.29) is 6.03 Å². The maximum atomic E-state index is 12.6. The Bertz CT molecular complexity index is 1010. The third kappa shape index (κ3) is 3.20. The van der Waals surface area contributed by atoms with Crippen LogP contribution in [-0.2, 0) is 6.54 Å². The predicted octanol–water partition coefficient (Wildman–Crippen LogP) is 2.55. The average molecular weight is 394 g/mol. The summed E-state index contributed by atoms with van der Waals surface area (Å²) in [5.74, 6) is 2.05. The number of anilines is 2. The van der Waals surface area contributed by atoms with Crippen LogP contribution in [0.1, 0.15) is 19.8 Å². The molecule has 0 aromatic carbocycles. The van der Waals surface area contributed by atoms with Gasteiger partial charge in [-0.25, -0.2) is 14.8 Å². The fourth-order valence-electron chi connectivity index (χ4n) is 4.87. The molecule has 0 radical (unpaired) electrons. The molecule has 2 atom stereocenters. The first-order valence-electron chi connectivity index (χ1n) is 10.2. The molecule has 2 fully saturated rings. The maximum absolute atomic E-state index is 12.6. The molecule has 2 aliphatic rings. The van der Waals surface area contributed by atoms with E-state index in [9.17, 15) is 4.79 Å². The standard InChI is InChI=1S/C20H26N8O/c1-3-28-11-15(8-24-28)25-20(29)27-9-13-6-16(7-14(13)10-27)26(2)19-17-4-5-21-18(17)22-12-23-19/h4-5,8,11-14,16H,3,6-7,9-10H2,1-2H3,(H,25,29)(H,21,22,23). The van der Waals surface area contributed by atoms with Gasteiger partial charge in [-0.2, -0.15) is 5.10 Å². The molecule has 3 aromatic rings. The van der Waals surface area contributed by atoms with Crippen molar-refractivity contribution in [1.82, 2.24) is 29.6 Å². The molecule has 2 unspecified atom stereocenters. The van der Waals surface area contributed by atoms with Gasteiger partial charge in [0.2, 0.25) is 0 Å². The molecule has 1 saturated carbocycles. The number of nitrogens with one attached hydrogen (secondary N) is 2. The van der Waals surface area contributed by atoms with Crippen LogP contribution in [0.2, 0.25) is 0 Å². The van der Waals surface area contributed by atoms with Crippen LogP contribution in [0.4, 0.5) is 16.3 Å². The molecule has 2 N–H and O–H groups in total. The Morgan fingerprint density at radius 3 is 2.83 bits per heavy atom. The van der Waals surface area contributed by atoms with E-state index >= 15 is 0 Å². The smallest absolute Gasteiger partial charge is 0.321 e. The second kappa shape index (κ2) is 7.06. The summed E-state index contributed by atoms with van der Waals surface area (Å²) < 4.78 is 1.81. The van der Waals surface area contributed by atoms with Gasteiger partial charge in [0.1, 0.15) is 17.8 Å². The number of aromatic amines is 1. The Morgan fingerprint density at radius 2 is 2.10 bits per heavy atom. The van der Waals surface area contributed by atoms with Gasteiger partial charge < -0.3 is 20.1 Å². The van der Waals surface area contributed by atoms with Crippen molar-refractivity contribution in [2.45, 2.75) is 32.4 Å². The molecule has 2 amide bonds. The summed E-state index contributed by atoms with van der Waals surface area (Å²) in [7, 11) is 2.12. The molecule has 152 valence electrons. The van der Waals surface area contributed by atoms with Crippen molar-refractivity contribution in [2.24, 2.45) is 11.8 Å². The molecule has 3 aromatic heterocycles. The molecule has 4 heterocycles. The highest BCUT2D eigenvalue weighted by molar-refractivity contribution is 5.89. The summed E-state index contributed by atoms with van der Waals surface area (Å²) in [5, 5.41) is 8.25. The van der Waals surface area contributed by atoms with Gasteiger partial charge in [-0.15, -0.1) is 0 Å². The van der Waals surface area contributed by atoms with Crippen molar-refractivity contribution in [3.05, 3.63) is 31.0 Å². The number of fused-ring (bicyclic) bond motifs is 2. The normalized spacial score (nSPS) is 23.5. The van der Waals surface area contributed by atoms with E-state index in [1.54, 1.807) is 12.5 Å². The predicted molar refractivity (Wildman–Crippen MR) is 111 cm³/mol. The first-order valence-corrected chi connectivity index (χ1v) is 10.2. The summed E-state index contributed by atoms with van der Waals surface area (Å²) in [4.78, 5) is 28.9. The molecular weight excluding hydrogens is 368 g/mol. The van der Waals surface area contributed by atoms with Gasteiger partial charge in [-0.1, -0.05) is 0 Å². The number of likely N-dealkylation sites (tertiary alicyclic amines) is 1. The average Bonchev–Trinajstić information content (AvgIpc) is 3.48. The van der Waals surface area contributed by atoms with Gasteiger partial charge >= 0.3 is 6.03 Å². The highest BCUT2D eigenvalue weighted by Crippen LogP contribution is 2.41. The van der Waals surface area contributed by atoms with E-state index < -0.39 is 0 Å². The van der Waals surface area contributed by atoms with E-state index in [1.165, 1.54) is 0 Å². The molecule has 9 heteroatoms. The van der Waals surface area contributed by atoms with Gasteiger partial charge in [-0.05, 0) is 37.7 Å². The van der Waals surface area contributed by atoms with E-state index in [0.717, 1.165) is 55.0 Å². The molecule has 1 aliphatic carbocycles. The molecule has 1 saturated heterocycles. The lowest BCUT2D eigenvalue weighted by Crippen LogP contribution is -2.36. The number of aromatic nitrogens is 5. The summed E-state index contributed by atoms with van der Waals surface area (Å²) in [5.41, 5.74) is 1.63. The third-order valence-corrected chi connectivity index (χ3v) is 6.44. The number of nitrogens with zero attached hydrogens (tertiary/aromatic N) is 6. The number of amides is 2. The Kier molecular flexibility index (Phi) is 4.37. The first-order chi connectivity index (χ1) is 14.1. The highest BCUT2D eigenvalue weighted by Gasteiger charge is 2.44. The van der Waals surface area contributed by atoms with Crippen molar-refractivity contribution in [3.8, 4) is 0 Å². The number of carbonyl (C=O) groups is 1. The summed E-state index contributed by atoms with van der Waals surface area (Å²) in [6, 6.07) is 2.44. The monoisotopic (exact) mass is 394 g/mol. The van der Waals surface area contributed by atoms with Crippen molar-refractivity contribution in [1.29, 1.82) is 0 Å². The Balaban J connectivity index is 1.21. The van der Waals surface area contributed by atoms with Gasteiger partial charge in [0.25, 0.3) is 0 Å². The van der Waals surface area contributed by atoms with E-state index in [1.807, 2.05) is 35.0 Å². The third-order valence-electron chi connectivity index (χ3n) is 6.44. The van der Waals surface area contributed by atoms with E-state index in [4.69, 9.17) is 0 Å². The van der Waals surface area contributed by atoms with Crippen LogP contribution in [-0.4, -0.2) is 61.8 Å². The van der Waals surface area contributed by atoms with Crippen LogP contribution in [0.5, 0.6) is 0 Å². The zero-order chi connectivity index (χ0) is 20.0. The van der Waals surface area contributed by atoms with Crippen LogP contribution in [0.25, 0.3) is 11.0 Å². The van der Waals surface area contributed by atoms with Gasteiger partial charge in [0, 0.05) is 45.1 Å². The first kappa shape index (κ1) is 18.0. The summed E-state index contributed by atoms with van der Waals surface area (Å²) in [6.07, 6.45) is 9.24. The van der Waals surface area contributed by atoms with Crippen molar-refractivity contribution in [2.75, 3.05) is 30.4 Å². The molecule has 29 heavy (non-hydrogen) atoms. The van der Waals surface area contributed by atoms with Crippen molar-refractivity contribution < 1.29 is 4.79 Å². The fourth-order valence-corrected chi connectivity index (χ4v) is 4.87. The van der Waals surface area contributed by atoms with E-state index in [0.29, 0.717) is 17.9 Å². The molecule has 5 rings (SSSR count). The Morgan fingerprint density at radius 1 is 1.31 bits per heavy atom. The van der Waals surface area contributed by atoms with E-state index in [2.05, 4.69) is 37.3 Å². The minimum atomic E-state index is -0.0233. The second-order valence-corrected chi connectivity index (χ2v) is 8.11. The second-order valence-electron chi connectivity index (χ2n) is 8.11. The minimum Gasteiger partial charge on any atom is -0.356 e. The Hall–Kier alpha value is -3.10. The highest BCUT2D eigenvalue weighted by atomic mass is 16.2. The SMILES string of the molecule is CCn1cc(NC(=O)N2CC3CC(N(C)c4ncnc5[nH]ccc45)CC3C2)cn1. The minimum absolute atomic E-state index is 0.0233. The number of aryl methyl sites for hydroxylation is 1. The molecule has 0 spiro atoms. The summed E-state index contributed by atoms with van der Waals surface area (Å²) >= 11 is 0. The van der Waals surface area contributed by atoms with Crippen LogP contribution in [0.3, 0.4) is 0 Å². The summed E-state index contributed by atoms with van der Waals surface area (Å²) in [6.45, 7) is 4.44. The van der Waals surface area contributed by atoms with Crippen LogP contribution < -0.4 is 10.2 Å². The van der Waals surface area contributed by atoms with Crippen molar-refractivity contribution >= 4 is 28.6 Å². The number of carbonyl (C=O) groups excluding carboxylic acids is 1. The lowest BCUT2D eigenvalue weighted by atomic mass is 10.0. The van der Waals surface area contributed by atoms with Gasteiger partial charge in [-0.3, -0.25) is 4.68 Å². The number of hydrogen-bond acceptors (Lipinski definition) is 5. The lowest BCUT2D eigenvalue weighted by Gasteiger charge is -2.28. The van der Waals surface area contributed by atoms with Gasteiger partial charge in [0.15, 0.2) is 0 Å². The number of urea groups is 1. The quantitative estimate of drug-likeness (QED) is 0.709. The lowest BCUT2D eigenvalue weighted by molar-refractivity contribution is 0.218. The molecule has 9 nitrogen and oxygen atoms in total.